The van der Waals surface area contributed by atoms with Crippen LogP contribution < -0.4 is 11.2 Å². The number of rotatable bonds is 3. The molecule has 70 valence electrons. The second-order valence-corrected chi connectivity index (χ2v) is 3.31. The SMILES string of the molecule is CC/C(=N\NC(N)=O)c1cccs1. The number of urea groups is 1. The van der Waals surface area contributed by atoms with Crippen molar-refractivity contribution in [1.82, 2.24) is 5.43 Å². The summed E-state index contributed by atoms with van der Waals surface area (Å²) in [6, 6.07) is 3.26. The zero-order chi connectivity index (χ0) is 9.68. The number of amides is 2. The van der Waals surface area contributed by atoms with Crippen molar-refractivity contribution in [1.29, 1.82) is 0 Å². The van der Waals surface area contributed by atoms with Crippen molar-refractivity contribution in [2.24, 2.45) is 10.8 Å². The molecule has 0 fully saturated rings. The van der Waals surface area contributed by atoms with Crippen molar-refractivity contribution in [3.05, 3.63) is 22.4 Å². The third-order valence-corrected chi connectivity index (χ3v) is 2.36. The number of nitrogens with one attached hydrogen (secondary N) is 1. The Morgan fingerprint density at radius 1 is 1.77 bits per heavy atom. The number of hydrogen-bond acceptors (Lipinski definition) is 3. The minimum atomic E-state index is -0.637. The lowest BCUT2D eigenvalue weighted by Gasteiger charge is -1.99. The van der Waals surface area contributed by atoms with Gasteiger partial charge in [0.25, 0.3) is 0 Å². The molecule has 0 bridgehead atoms. The van der Waals surface area contributed by atoms with E-state index in [-0.39, 0.29) is 0 Å². The highest BCUT2D eigenvalue weighted by molar-refractivity contribution is 7.12. The van der Waals surface area contributed by atoms with E-state index in [1.54, 1.807) is 11.3 Å². The molecule has 4 nitrogen and oxygen atoms in total. The first-order valence-electron chi connectivity index (χ1n) is 3.90. The van der Waals surface area contributed by atoms with Gasteiger partial charge in [0.15, 0.2) is 0 Å². The van der Waals surface area contributed by atoms with E-state index >= 15 is 0 Å². The van der Waals surface area contributed by atoms with Crippen molar-refractivity contribution in [3.63, 3.8) is 0 Å². The van der Waals surface area contributed by atoms with Gasteiger partial charge in [-0.05, 0) is 17.9 Å². The van der Waals surface area contributed by atoms with Crippen LogP contribution in [0.3, 0.4) is 0 Å². The maximum Gasteiger partial charge on any atom is 0.332 e. The van der Waals surface area contributed by atoms with Gasteiger partial charge in [0, 0.05) is 0 Å². The van der Waals surface area contributed by atoms with Gasteiger partial charge >= 0.3 is 6.03 Å². The summed E-state index contributed by atoms with van der Waals surface area (Å²) in [6.07, 6.45) is 0.765. The fourth-order valence-electron chi connectivity index (χ4n) is 0.874. The van der Waals surface area contributed by atoms with Crippen LogP contribution >= 0.6 is 11.3 Å². The number of nitrogens with two attached hydrogens (primary N) is 1. The van der Waals surface area contributed by atoms with Crippen molar-refractivity contribution >= 4 is 23.1 Å². The Morgan fingerprint density at radius 3 is 3.00 bits per heavy atom. The monoisotopic (exact) mass is 197 g/mol. The van der Waals surface area contributed by atoms with E-state index in [2.05, 4.69) is 10.5 Å². The summed E-state index contributed by atoms with van der Waals surface area (Å²) in [5.74, 6) is 0. The van der Waals surface area contributed by atoms with Gasteiger partial charge in [0.1, 0.15) is 0 Å². The maximum atomic E-state index is 10.4. The van der Waals surface area contributed by atoms with Crippen LogP contribution in [0.25, 0.3) is 0 Å². The standard InChI is InChI=1S/C8H11N3OS/c1-2-6(10-11-8(9)12)7-4-3-5-13-7/h3-5H,2H2,1H3,(H3,9,11,12)/b10-6+. The van der Waals surface area contributed by atoms with Gasteiger partial charge in [-0.25, -0.2) is 10.2 Å². The van der Waals surface area contributed by atoms with Crippen molar-refractivity contribution in [2.45, 2.75) is 13.3 Å². The number of carbonyl (C=O) groups excluding carboxylic acids is 1. The van der Waals surface area contributed by atoms with E-state index in [4.69, 9.17) is 5.73 Å². The van der Waals surface area contributed by atoms with Crippen LogP contribution in [-0.4, -0.2) is 11.7 Å². The highest BCUT2D eigenvalue weighted by Crippen LogP contribution is 2.11. The number of hydrogen-bond donors (Lipinski definition) is 2. The van der Waals surface area contributed by atoms with E-state index in [1.165, 1.54) is 0 Å². The Labute approximate surface area is 80.4 Å². The smallest absolute Gasteiger partial charge is 0.332 e. The Kier molecular flexibility index (Phi) is 3.45. The van der Waals surface area contributed by atoms with Gasteiger partial charge in [0.05, 0.1) is 10.6 Å². The molecule has 0 saturated heterocycles. The van der Waals surface area contributed by atoms with Crippen LogP contribution in [-0.2, 0) is 0 Å². The molecule has 0 radical (unpaired) electrons. The Balaban J connectivity index is 2.73. The zero-order valence-corrected chi connectivity index (χ0v) is 8.10. The first kappa shape index (κ1) is 9.73. The molecule has 1 rings (SSSR count). The van der Waals surface area contributed by atoms with Gasteiger partial charge in [-0.1, -0.05) is 13.0 Å². The van der Waals surface area contributed by atoms with Crippen LogP contribution in [0, 0.1) is 0 Å². The molecule has 0 saturated carbocycles. The van der Waals surface area contributed by atoms with Gasteiger partial charge < -0.3 is 5.73 Å². The Hall–Kier alpha value is -1.36. The predicted molar refractivity (Wildman–Crippen MR) is 53.9 cm³/mol. The largest absolute Gasteiger partial charge is 0.350 e. The summed E-state index contributed by atoms with van der Waals surface area (Å²) >= 11 is 1.58. The average molecular weight is 197 g/mol. The van der Waals surface area contributed by atoms with E-state index in [1.807, 2.05) is 24.4 Å². The third kappa shape index (κ3) is 2.87. The number of nitrogens with zero attached hydrogens (tertiary/aromatic N) is 1. The summed E-state index contributed by atoms with van der Waals surface area (Å²) in [5, 5.41) is 5.85. The molecule has 0 spiro atoms. The van der Waals surface area contributed by atoms with Crippen molar-refractivity contribution in [3.8, 4) is 0 Å². The van der Waals surface area contributed by atoms with Crippen LogP contribution in [0.4, 0.5) is 4.79 Å². The number of hydrazone groups is 1. The normalized spacial score (nSPS) is 11.3. The highest BCUT2D eigenvalue weighted by Gasteiger charge is 2.01. The molecule has 1 heterocycles. The lowest BCUT2D eigenvalue weighted by Crippen LogP contribution is -2.25. The summed E-state index contributed by atoms with van der Waals surface area (Å²) < 4.78 is 0. The Morgan fingerprint density at radius 2 is 2.54 bits per heavy atom. The molecule has 0 atom stereocenters. The minimum Gasteiger partial charge on any atom is -0.350 e. The number of carbonyl (C=O) groups is 1. The highest BCUT2D eigenvalue weighted by atomic mass is 32.1. The molecule has 0 aliphatic rings. The molecule has 0 aromatic carbocycles. The first-order valence-corrected chi connectivity index (χ1v) is 4.78. The molecule has 2 amide bonds. The average Bonchev–Trinajstić information content (AvgIpc) is 2.58. The van der Waals surface area contributed by atoms with E-state index < -0.39 is 6.03 Å². The molecule has 1 aromatic rings. The fraction of sp³-hybridized carbons (Fsp3) is 0.250. The molecular formula is C8H11N3OS. The van der Waals surface area contributed by atoms with Crippen LogP contribution in [0.15, 0.2) is 22.6 Å². The molecule has 0 aliphatic heterocycles. The summed E-state index contributed by atoms with van der Waals surface area (Å²) in [4.78, 5) is 11.4. The van der Waals surface area contributed by atoms with Gasteiger partial charge in [0.2, 0.25) is 0 Å². The van der Waals surface area contributed by atoms with Gasteiger partial charge in [-0.15, -0.1) is 11.3 Å². The van der Waals surface area contributed by atoms with Crippen molar-refractivity contribution in [2.75, 3.05) is 0 Å². The Bertz CT molecular complexity index is 305. The quantitative estimate of drug-likeness (QED) is 0.560. The van der Waals surface area contributed by atoms with Crippen LogP contribution in [0.1, 0.15) is 18.2 Å². The van der Waals surface area contributed by atoms with E-state index in [9.17, 15) is 4.79 Å². The summed E-state index contributed by atoms with van der Waals surface area (Å²) in [7, 11) is 0. The molecule has 0 aliphatic carbocycles. The molecule has 13 heavy (non-hydrogen) atoms. The number of thiophene rings is 1. The number of primary amides is 1. The van der Waals surface area contributed by atoms with E-state index in [0.29, 0.717) is 0 Å². The van der Waals surface area contributed by atoms with Crippen LogP contribution in [0.2, 0.25) is 0 Å². The maximum absolute atomic E-state index is 10.4. The predicted octanol–water partition coefficient (Wildman–Crippen LogP) is 1.53. The fourth-order valence-corrected chi connectivity index (χ4v) is 1.66. The lowest BCUT2D eigenvalue weighted by molar-refractivity contribution is 0.249. The summed E-state index contributed by atoms with van der Waals surface area (Å²) in [6.45, 7) is 1.97. The third-order valence-electron chi connectivity index (χ3n) is 1.44. The second kappa shape index (κ2) is 4.61. The lowest BCUT2D eigenvalue weighted by atomic mass is 10.2. The summed E-state index contributed by atoms with van der Waals surface area (Å²) in [5.41, 5.74) is 7.95. The minimum absolute atomic E-state index is 0.637. The molecule has 3 N–H and O–H groups in total. The van der Waals surface area contributed by atoms with Gasteiger partial charge in [-0.3, -0.25) is 0 Å². The topological polar surface area (TPSA) is 67.5 Å². The van der Waals surface area contributed by atoms with Gasteiger partial charge in [-0.2, -0.15) is 5.10 Å². The molecule has 0 unspecified atom stereocenters. The first-order chi connectivity index (χ1) is 6.24. The van der Waals surface area contributed by atoms with Crippen LogP contribution in [0.5, 0.6) is 0 Å². The molecular weight excluding hydrogens is 186 g/mol. The van der Waals surface area contributed by atoms with E-state index in [0.717, 1.165) is 17.0 Å². The van der Waals surface area contributed by atoms with Crippen molar-refractivity contribution < 1.29 is 4.79 Å². The second-order valence-electron chi connectivity index (χ2n) is 2.37. The molecule has 5 heteroatoms. The zero-order valence-electron chi connectivity index (χ0n) is 7.28. The molecule has 1 aromatic heterocycles.